The Hall–Kier alpha value is -2.90. The molecule has 0 bridgehead atoms. The third kappa shape index (κ3) is 4.64. The van der Waals surface area contributed by atoms with Gasteiger partial charge in [-0.3, -0.25) is 9.59 Å². The first-order valence-corrected chi connectivity index (χ1v) is 8.68. The summed E-state index contributed by atoms with van der Waals surface area (Å²) in [7, 11) is 1.51. The van der Waals surface area contributed by atoms with Crippen molar-refractivity contribution >= 4 is 40.7 Å². The maximum Gasteiger partial charge on any atom is 0.276 e. The summed E-state index contributed by atoms with van der Waals surface area (Å²) in [6.07, 6.45) is 1.47. The third-order valence-electron chi connectivity index (χ3n) is 3.65. The summed E-state index contributed by atoms with van der Waals surface area (Å²) in [5, 5.41) is 11.5. The molecule has 0 aliphatic rings. The van der Waals surface area contributed by atoms with E-state index in [1.165, 1.54) is 22.8 Å². The number of anilines is 1. The van der Waals surface area contributed by atoms with Gasteiger partial charge in [0.1, 0.15) is 0 Å². The van der Waals surface area contributed by atoms with Crippen LogP contribution in [0.5, 0.6) is 0 Å². The lowest BCUT2D eigenvalue weighted by Gasteiger charge is -2.15. The number of benzene rings is 2. The molecule has 0 fully saturated rings. The lowest BCUT2D eigenvalue weighted by molar-refractivity contribution is -0.116. The molecule has 0 aliphatic heterocycles. The fourth-order valence-corrected chi connectivity index (χ4v) is 2.78. The molecule has 2 amide bonds. The van der Waals surface area contributed by atoms with Crippen LogP contribution in [0.25, 0.3) is 5.69 Å². The predicted molar refractivity (Wildman–Crippen MR) is 103 cm³/mol. The number of hydrogen-bond acceptors (Lipinski definition) is 4. The van der Waals surface area contributed by atoms with Gasteiger partial charge in [0.05, 0.1) is 23.5 Å². The highest BCUT2D eigenvalue weighted by atomic mass is 35.5. The van der Waals surface area contributed by atoms with E-state index in [0.29, 0.717) is 21.4 Å². The Morgan fingerprint density at radius 3 is 2.67 bits per heavy atom. The minimum atomic E-state index is -0.436. The molecule has 7 nitrogen and oxygen atoms in total. The van der Waals surface area contributed by atoms with Gasteiger partial charge in [-0.25, -0.2) is 4.68 Å². The van der Waals surface area contributed by atoms with Crippen molar-refractivity contribution in [2.75, 3.05) is 18.9 Å². The first kappa shape index (κ1) is 18.9. The molecule has 0 aliphatic carbocycles. The van der Waals surface area contributed by atoms with Gasteiger partial charge in [0.25, 0.3) is 5.91 Å². The second-order valence-corrected chi connectivity index (χ2v) is 6.56. The number of nitrogens with one attached hydrogen (secondary N) is 1. The number of likely N-dealkylation sites (N-methyl/N-ethyl adjacent to an activating group) is 1. The summed E-state index contributed by atoms with van der Waals surface area (Å²) < 4.78 is 1.41. The number of nitrogens with zero attached hydrogens (tertiary/aromatic N) is 4. The van der Waals surface area contributed by atoms with Crippen molar-refractivity contribution in [2.24, 2.45) is 0 Å². The molecule has 3 rings (SSSR count). The zero-order valence-electron chi connectivity index (χ0n) is 14.3. The van der Waals surface area contributed by atoms with Crippen LogP contribution < -0.4 is 5.32 Å². The summed E-state index contributed by atoms with van der Waals surface area (Å²) in [5.74, 6) is -0.791. The minimum Gasteiger partial charge on any atom is -0.331 e. The number of amides is 2. The molecule has 1 aromatic heterocycles. The topological polar surface area (TPSA) is 80.1 Å². The van der Waals surface area contributed by atoms with Crippen LogP contribution in [0.15, 0.2) is 54.7 Å². The van der Waals surface area contributed by atoms with Crippen LogP contribution in [0.2, 0.25) is 10.0 Å². The zero-order valence-corrected chi connectivity index (χ0v) is 15.8. The quantitative estimate of drug-likeness (QED) is 0.708. The molecule has 0 saturated heterocycles. The van der Waals surface area contributed by atoms with Crippen LogP contribution in [-0.4, -0.2) is 45.3 Å². The van der Waals surface area contributed by atoms with E-state index in [2.05, 4.69) is 15.6 Å². The highest BCUT2D eigenvalue weighted by Crippen LogP contribution is 2.19. The van der Waals surface area contributed by atoms with Gasteiger partial charge < -0.3 is 10.2 Å². The van der Waals surface area contributed by atoms with Gasteiger partial charge in [-0.05, 0) is 30.3 Å². The van der Waals surface area contributed by atoms with Gasteiger partial charge in [-0.2, -0.15) is 0 Å². The number of carbonyl (C=O) groups is 2. The van der Waals surface area contributed by atoms with E-state index in [9.17, 15) is 9.59 Å². The van der Waals surface area contributed by atoms with E-state index in [0.717, 1.165) is 0 Å². The van der Waals surface area contributed by atoms with E-state index in [1.54, 1.807) is 48.5 Å². The van der Waals surface area contributed by atoms with Crippen molar-refractivity contribution in [3.63, 3.8) is 0 Å². The molecule has 3 aromatic rings. The highest BCUT2D eigenvalue weighted by molar-refractivity contribution is 6.32. The smallest absolute Gasteiger partial charge is 0.276 e. The average Bonchev–Trinajstić information content (AvgIpc) is 3.11. The summed E-state index contributed by atoms with van der Waals surface area (Å²) in [4.78, 5) is 25.9. The summed E-state index contributed by atoms with van der Waals surface area (Å²) in [6.45, 7) is -0.149. The summed E-state index contributed by atoms with van der Waals surface area (Å²) in [5.41, 5.74) is 1.26. The van der Waals surface area contributed by atoms with E-state index in [1.807, 2.05) is 0 Å². The van der Waals surface area contributed by atoms with E-state index >= 15 is 0 Å². The summed E-state index contributed by atoms with van der Waals surface area (Å²) in [6, 6.07) is 13.8. The largest absolute Gasteiger partial charge is 0.331 e. The van der Waals surface area contributed by atoms with Crippen molar-refractivity contribution in [2.45, 2.75) is 0 Å². The molecule has 0 saturated carbocycles. The van der Waals surface area contributed by atoms with Crippen molar-refractivity contribution in [1.29, 1.82) is 0 Å². The van der Waals surface area contributed by atoms with Crippen LogP contribution in [0.3, 0.4) is 0 Å². The molecule has 27 heavy (non-hydrogen) atoms. The van der Waals surface area contributed by atoms with Crippen LogP contribution >= 0.6 is 23.2 Å². The van der Waals surface area contributed by atoms with E-state index in [4.69, 9.17) is 23.2 Å². The van der Waals surface area contributed by atoms with E-state index in [-0.39, 0.29) is 18.1 Å². The molecule has 1 N–H and O–H groups in total. The standard InChI is InChI=1S/C18H15Cl2N5O2/c1-24(11-17(26)21-13-6-4-5-12(19)9-13)18(27)15-10-25(23-22-15)16-8-3-2-7-14(16)20/h2-10H,11H2,1H3,(H,21,26). The second kappa shape index (κ2) is 8.20. The second-order valence-electron chi connectivity index (χ2n) is 5.72. The number of rotatable bonds is 5. The molecule has 0 spiro atoms. The Labute approximate surface area is 165 Å². The fourth-order valence-electron chi connectivity index (χ4n) is 2.37. The van der Waals surface area contributed by atoms with Crippen molar-refractivity contribution in [3.8, 4) is 5.69 Å². The van der Waals surface area contributed by atoms with Crippen LogP contribution in [0, 0.1) is 0 Å². The Morgan fingerprint density at radius 1 is 1.15 bits per heavy atom. The molecule has 0 radical (unpaired) electrons. The number of halogens is 2. The Kier molecular flexibility index (Phi) is 5.73. The lowest BCUT2D eigenvalue weighted by atomic mass is 10.3. The molecular formula is C18H15Cl2N5O2. The van der Waals surface area contributed by atoms with Gasteiger partial charge in [-0.1, -0.05) is 46.6 Å². The third-order valence-corrected chi connectivity index (χ3v) is 4.20. The lowest BCUT2D eigenvalue weighted by Crippen LogP contribution is -2.35. The normalized spacial score (nSPS) is 10.5. The number of para-hydroxylation sites is 1. The zero-order chi connectivity index (χ0) is 19.4. The van der Waals surface area contributed by atoms with Crippen molar-refractivity contribution in [1.82, 2.24) is 19.9 Å². The van der Waals surface area contributed by atoms with Gasteiger partial charge in [0, 0.05) is 17.8 Å². The molecule has 9 heteroatoms. The Bertz CT molecular complexity index is 989. The SMILES string of the molecule is CN(CC(=O)Nc1cccc(Cl)c1)C(=O)c1cn(-c2ccccc2Cl)nn1. The molecule has 1 heterocycles. The Balaban J connectivity index is 1.65. The molecular weight excluding hydrogens is 389 g/mol. The molecule has 2 aromatic carbocycles. The van der Waals surface area contributed by atoms with Crippen LogP contribution in [0.1, 0.15) is 10.5 Å². The summed E-state index contributed by atoms with van der Waals surface area (Å²) >= 11 is 12.0. The number of hydrogen-bond donors (Lipinski definition) is 1. The maximum atomic E-state index is 12.5. The van der Waals surface area contributed by atoms with Gasteiger partial charge in [0.2, 0.25) is 5.91 Å². The fraction of sp³-hybridized carbons (Fsp3) is 0.111. The van der Waals surface area contributed by atoms with Crippen molar-refractivity contribution in [3.05, 3.63) is 70.5 Å². The van der Waals surface area contributed by atoms with E-state index < -0.39 is 5.91 Å². The number of aromatic nitrogens is 3. The predicted octanol–water partition coefficient (Wildman–Crippen LogP) is 3.28. The monoisotopic (exact) mass is 403 g/mol. The van der Waals surface area contributed by atoms with Crippen LogP contribution in [0.4, 0.5) is 5.69 Å². The number of carbonyl (C=O) groups excluding carboxylic acids is 2. The van der Waals surface area contributed by atoms with Gasteiger partial charge in [-0.15, -0.1) is 5.10 Å². The van der Waals surface area contributed by atoms with Gasteiger partial charge >= 0.3 is 0 Å². The van der Waals surface area contributed by atoms with Crippen molar-refractivity contribution < 1.29 is 9.59 Å². The van der Waals surface area contributed by atoms with Crippen LogP contribution in [-0.2, 0) is 4.79 Å². The first-order valence-electron chi connectivity index (χ1n) is 7.92. The minimum absolute atomic E-state index is 0.105. The maximum absolute atomic E-state index is 12.5. The molecule has 0 unspecified atom stereocenters. The van der Waals surface area contributed by atoms with Gasteiger partial charge in [0.15, 0.2) is 5.69 Å². The molecule has 0 atom stereocenters. The molecule has 138 valence electrons. The average molecular weight is 404 g/mol. The first-order chi connectivity index (χ1) is 12.9. The highest BCUT2D eigenvalue weighted by Gasteiger charge is 2.19. The Morgan fingerprint density at radius 2 is 1.93 bits per heavy atom.